The van der Waals surface area contributed by atoms with Crippen LogP contribution in [0.15, 0.2) is 11.2 Å². The minimum atomic E-state index is -0.0254. The van der Waals surface area contributed by atoms with E-state index in [1.165, 1.54) is 4.88 Å². The standard InChI is InChI=1S/C20H34N6OS.HI/c1-4-17-14-22-18(28-17)15-23-20(21-5-2)26-12-10-24(11-13-26)16(3)19(27)25-8-6-7-9-25;/h14,16H,4-13,15H2,1-3H3,(H,21,23);1H. The third-order valence-electron chi connectivity index (χ3n) is 5.59. The molecule has 3 heterocycles. The number of halogens is 1. The van der Waals surface area contributed by atoms with Crippen LogP contribution in [0.5, 0.6) is 0 Å². The fourth-order valence-corrected chi connectivity index (χ4v) is 4.62. The van der Waals surface area contributed by atoms with Gasteiger partial charge in [-0.25, -0.2) is 9.98 Å². The second kappa shape index (κ2) is 12.0. The summed E-state index contributed by atoms with van der Waals surface area (Å²) >= 11 is 1.74. The molecule has 29 heavy (non-hydrogen) atoms. The number of carbonyl (C=O) groups excluding carboxylic acids is 1. The lowest BCUT2D eigenvalue weighted by Crippen LogP contribution is -2.57. The molecule has 1 aromatic rings. The van der Waals surface area contributed by atoms with Crippen LogP contribution in [0.1, 0.15) is 43.5 Å². The van der Waals surface area contributed by atoms with E-state index in [0.29, 0.717) is 12.5 Å². The predicted molar refractivity (Wildman–Crippen MR) is 130 cm³/mol. The molecule has 2 saturated heterocycles. The Morgan fingerprint density at radius 3 is 2.45 bits per heavy atom. The van der Waals surface area contributed by atoms with Crippen molar-refractivity contribution in [3.8, 4) is 0 Å². The summed E-state index contributed by atoms with van der Waals surface area (Å²) < 4.78 is 0. The van der Waals surface area contributed by atoms with Crippen molar-refractivity contribution in [2.24, 2.45) is 4.99 Å². The average molecular weight is 535 g/mol. The first-order valence-electron chi connectivity index (χ1n) is 10.6. The summed E-state index contributed by atoms with van der Waals surface area (Å²) in [5, 5.41) is 4.48. The summed E-state index contributed by atoms with van der Waals surface area (Å²) in [7, 11) is 0. The van der Waals surface area contributed by atoms with Crippen molar-refractivity contribution in [3.63, 3.8) is 0 Å². The van der Waals surface area contributed by atoms with Gasteiger partial charge in [0, 0.05) is 56.9 Å². The lowest BCUT2D eigenvalue weighted by Gasteiger charge is -2.39. The Hall–Kier alpha value is -0.940. The Balaban J connectivity index is 0.00000300. The second-order valence-corrected chi connectivity index (χ2v) is 8.68. The number of hydrogen-bond acceptors (Lipinski definition) is 5. The van der Waals surface area contributed by atoms with Gasteiger partial charge in [0.1, 0.15) is 5.01 Å². The van der Waals surface area contributed by atoms with Crippen LogP contribution < -0.4 is 5.32 Å². The van der Waals surface area contributed by atoms with Gasteiger partial charge in [-0.3, -0.25) is 9.69 Å². The van der Waals surface area contributed by atoms with E-state index < -0.39 is 0 Å². The molecule has 0 radical (unpaired) electrons. The van der Waals surface area contributed by atoms with Crippen LogP contribution in [0.25, 0.3) is 0 Å². The number of nitrogens with zero attached hydrogens (tertiary/aromatic N) is 5. The number of aromatic nitrogens is 1. The molecule has 1 amide bonds. The second-order valence-electron chi connectivity index (χ2n) is 7.48. The molecule has 2 aliphatic heterocycles. The molecule has 0 aromatic carbocycles. The van der Waals surface area contributed by atoms with E-state index in [0.717, 1.165) is 76.0 Å². The van der Waals surface area contributed by atoms with Crippen LogP contribution in [-0.2, 0) is 17.8 Å². The minimum absolute atomic E-state index is 0. The van der Waals surface area contributed by atoms with Crippen molar-refractivity contribution in [2.75, 3.05) is 45.8 Å². The van der Waals surface area contributed by atoms with E-state index in [-0.39, 0.29) is 30.0 Å². The van der Waals surface area contributed by atoms with Gasteiger partial charge >= 0.3 is 0 Å². The van der Waals surface area contributed by atoms with Gasteiger partial charge in [0.2, 0.25) is 5.91 Å². The predicted octanol–water partition coefficient (Wildman–Crippen LogP) is 2.42. The highest BCUT2D eigenvalue weighted by Crippen LogP contribution is 2.16. The molecule has 1 unspecified atom stereocenters. The Labute approximate surface area is 196 Å². The molecule has 164 valence electrons. The Kier molecular flexibility index (Phi) is 10.1. The van der Waals surface area contributed by atoms with E-state index in [4.69, 9.17) is 4.99 Å². The first-order valence-corrected chi connectivity index (χ1v) is 11.4. The molecule has 3 rings (SSSR count). The zero-order chi connectivity index (χ0) is 19.9. The summed E-state index contributed by atoms with van der Waals surface area (Å²) in [6.45, 7) is 13.2. The first kappa shape index (κ1) is 24.3. The molecule has 9 heteroatoms. The Bertz CT molecular complexity index is 668. The fraction of sp³-hybridized carbons (Fsp3) is 0.750. The molecule has 0 aliphatic carbocycles. The summed E-state index contributed by atoms with van der Waals surface area (Å²) in [6, 6.07) is -0.0254. The quantitative estimate of drug-likeness (QED) is 0.345. The van der Waals surface area contributed by atoms with E-state index in [2.05, 4.69) is 40.9 Å². The Morgan fingerprint density at radius 1 is 1.17 bits per heavy atom. The monoisotopic (exact) mass is 534 g/mol. The number of nitrogens with one attached hydrogen (secondary N) is 1. The number of thiazole rings is 1. The fourth-order valence-electron chi connectivity index (χ4n) is 3.83. The molecule has 0 bridgehead atoms. The van der Waals surface area contributed by atoms with Gasteiger partial charge in [-0.15, -0.1) is 35.3 Å². The molecule has 0 spiro atoms. The van der Waals surface area contributed by atoms with Gasteiger partial charge < -0.3 is 15.1 Å². The lowest BCUT2D eigenvalue weighted by atomic mass is 10.2. The highest BCUT2D eigenvalue weighted by atomic mass is 127. The lowest BCUT2D eigenvalue weighted by molar-refractivity contribution is -0.135. The first-order chi connectivity index (χ1) is 13.6. The van der Waals surface area contributed by atoms with Gasteiger partial charge in [-0.05, 0) is 33.1 Å². The smallest absolute Gasteiger partial charge is 0.239 e. The average Bonchev–Trinajstić information content (AvgIpc) is 3.42. The molecule has 1 atom stereocenters. The minimum Gasteiger partial charge on any atom is -0.357 e. The highest BCUT2D eigenvalue weighted by Gasteiger charge is 2.30. The molecule has 2 fully saturated rings. The maximum absolute atomic E-state index is 12.7. The molecule has 7 nitrogen and oxygen atoms in total. The van der Waals surface area contributed by atoms with Crippen molar-refractivity contribution in [1.82, 2.24) is 25.0 Å². The van der Waals surface area contributed by atoms with Crippen molar-refractivity contribution in [2.45, 2.75) is 52.6 Å². The van der Waals surface area contributed by atoms with Gasteiger partial charge in [0.05, 0.1) is 12.6 Å². The molecular formula is C20H35IN6OS. The number of rotatable bonds is 6. The summed E-state index contributed by atoms with van der Waals surface area (Å²) in [5.41, 5.74) is 0. The summed E-state index contributed by atoms with van der Waals surface area (Å²) in [5.74, 6) is 1.25. The number of likely N-dealkylation sites (tertiary alicyclic amines) is 1. The SMILES string of the molecule is CCNC(=NCc1ncc(CC)s1)N1CCN(C(C)C(=O)N2CCCC2)CC1.I. The number of aliphatic imine (C=N–C) groups is 1. The maximum atomic E-state index is 12.7. The van der Waals surface area contributed by atoms with Crippen LogP contribution in [0.4, 0.5) is 0 Å². The van der Waals surface area contributed by atoms with Gasteiger partial charge in [0.25, 0.3) is 0 Å². The largest absolute Gasteiger partial charge is 0.357 e. The summed E-state index contributed by atoms with van der Waals surface area (Å²) in [4.78, 5) is 29.9. The number of piperazine rings is 1. The van der Waals surface area contributed by atoms with E-state index in [1.54, 1.807) is 11.3 Å². The molecular weight excluding hydrogens is 499 g/mol. The van der Waals surface area contributed by atoms with Crippen molar-refractivity contribution in [3.05, 3.63) is 16.1 Å². The van der Waals surface area contributed by atoms with Crippen molar-refractivity contribution < 1.29 is 4.79 Å². The number of amides is 1. The number of hydrogen-bond donors (Lipinski definition) is 1. The number of aryl methyl sites for hydroxylation is 1. The highest BCUT2D eigenvalue weighted by molar-refractivity contribution is 14.0. The van der Waals surface area contributed by atoms with E-state index in [1.807, 2.05) is 11.1 Å². The zero-order valence-corrected chi connectivity index (χ0v) is 21.0. The van der Waals surface area contributed by atoms with Crippen LogP contribution in [0, 0.1) is 0 Å². The third kappa shape index (κ3) is 6.52. The van der Waals surface area contributed by atoms with Crippen molar-refractivity contribution in [1.29, 1.82) is 0 Å². The molecule has 0 saturated carbocycles. The number of carbonyl (C=O) groups is 1. The zero-order valence-electron chi connectivity index (χ0n) is 17.9. The molecule has 1 N–H and O–H groups in total. The maximum Gasteiger partial charge on any atom is 0.239 e. The summed E-state index contributed by atoms with van der Waals surface area (Å²) in [6.07, 6.45) is 5.28. The topological polar surface area (TPSA) is 64.1 Å². The van der Waals surface area contributed by atoms with Crippen molar-refractivity contribution >= 4 is 47.2 Å². The normalized spacial score (nSPS) is 19.2. The van der Waals surface area contributed by atoms with E-state index in [9.17, 15) is 4.79 Å². The van der Waals surface area contributed by atoms with Crippen LogP contribution in [-0.4, -0.2) is 83.4 Å². The number of guanidine groups is 1. The molecule has 2 aliphatic rings. The van der Waals surface area contributed by atoms with Gasteiger partial charge in [-0.2, -0.15) is 0 Å². The van der Waals surface area contributed by atoms with Crippen LogP contribution >= 0.6 is 35.3 Å². The van der Waals surface area contributed by atoms with Crippen LogP contribution in [0.3, 0.4) is 0 Å². The van der Waals surface area contributed by atoms with Gasteiger partial charge in [-0.1, -0.05) is 6.92 Å². The third-order valence-corrected chi connectivity index (χ3v) is 6.71. The molecule has 1 aromatic heterocycles. The van der Waals surface area contributed by atoms with Crippen LogP contribution in [0.2, 0.25) is 0 Å². The Morgan fingerprint density at radius 2 is 1.86 bits per heavy atom. The van der Waals surface area contributed by atoms with Gasteiger partial charge in [0.15, 0.2) is 5.96 Å². The van der Waals surface area contributed by atoms with E-state index >= 15 is 0 Å².